The van der Waals surface area contributed by atoms with Crippen LogP contribution in [0.1, 0.15) is 29.7 Å². The Hall–Kier alpha value is -2.69. The average molecular weight is 326 g/mol. The lowest BCUT2D eigenvalue weighted by atomic mass is 10.1. The van der Waals surface area contributed by atoms with Crippen molar-refractivity contribution in [2.24, 2.45) is 0 Å². The number of methoxy groups -OCH3 is 2. The fourth-order valence-electron chi connectivity index (χ4n) is 3.01. The van der Waals surface area contributed by atoms with Crippen molar-refractivity contribution in [3.8, 4) is 11.5 Å². The minimum absolute atomic E-state index is 0.0726. The third-order valence-electron chi connectivity index (χ3n) is 4.38. The van der Waals surface area contributed by atoms with Gasteiger partial charge in [0.05, 0.1) is 20.3 Å². The number of fused-ring (bicyclic) bond motifs is 1. The zero-order chi connectivity index (χ0) is 17.1. The first-order valence-electron chi connectivity index (χ1n) is 7.96. The van der Waals surface area contributed by atoms with Crippen molar-refractivity contribution in [3.63, 3.8) is 0 Å². The van der Waals surface area contributed by atoms with Crippen LogP contribution in [0.4, 0.5) is 4.79 Å². The number of rotatable bonds is 4. The molecule has 0 radical (unpaired) electrons. The van der Waals surface area contributed by atoms with Gasteiger partial charge in [-0.25, -0.2) is 4.79 Å². The van der Waals surface area contributed by atoms with E-state index in [0.717, 1.165) is 11.3 Å². The Morgan fingerprint density at radius 1 is 1.08 bits per heavy atom. The van der Waals surface area contributed by atoms with E-state index in [0.29, 0.717) is 18.8 Å². The molecule has 2 aromatic carbocycles. The van der Waals surface area contributed by atoms with Crippen LogP contribution in [0.5, 0.6) is 11.5 Å². The largest absolute Gasteiger partial charge is 0.497 e. The number of carbonyl (C=O) groups is 1. The van der Waals surface area contributed by atoms with Crippen LogP contribution in [0.3, 0.4) is 0 Å². The summed E-state index contributed by atoms with van der Waals surface area (Å²) < 4.78 is 10.6. The number of hydrogen-bond donors (Lipinski definition) is 1. The van der Waals surface area contributed by atoms with E-state index in [2.05, 4.69) is 17.4 Å². The van der Waals surface area contributed by atoms with Gasteiger partial charge in [0.1, 0.15) is 11.5 Å². The fraction of sp³-hybridized carbons (Fsp3) is 0.316. The Bertz CT molecular complexity index is 720. The van der Waals surface area contributed by atoms with E-state index in [1.165, 1.54) is 11.1 Å². The topological polar surface area (TPSA) is 50.8 Å². The molecule has 0 fully saturated rings. The zero-order valence-corrected chi connectivity index (χ0v) is 14.2. The average Bonchev–Trinajstić information content (AvgIpc) is 3.05. The van der Waals surface area contributed by atoms with E-state index in [-0.39, 0.29) is 12.1 Å². The smallest absolute Gasteiger partial charge is 0.318 e. The van der Waals surface area contributed by atoms with E-state index in [1.807, 2.05) is 42.2 Å². The van der Waals surface area contributed by atoms with Gasteiger partial charge in [0.25, 0.3) is 0 Å². The Morgan fingerprint density at radius 2 is 1.75 bits per heavy atom. The summed E-state index contributed by atoms with van der Waals surface area (Å²) in [6, 6.07) is 13.5. The molecule has 0 saturated heterocycles. The number of amides is 2. The molecular weight excluding hydrogens is 304 g/mol. The fourth-order valence-corrected chi connectivity index (χ4v) is 3.01. The number of benzene rings is 2. The summed E-state index contributed by atoms with van der Waals surface area (Å²) in [6.45, 7) is 3.24. The molecule has 0 aliphatic carbocycles. The Kier molecular flexibility index (Phi) is 4.60. The molecule has 126 valence electrons. The van der Waals surface area contributed by atoms with Crippen LogP contribution < -0.4 is 14.8 Å². The minimum Gasteiger partial charge on any atom is -0.497 e. The first kappa shape index (κ1) is 16.2. The molecule has 5 nitrogen and oxygen atoms in total. The Balaban J connectivity index is 1.69. The molecule has 3 rings (SSSR count). The predicted octanol–water partition coefficient (Wildman–Crippen LogP) is 3.49. The normalized spacial score (nSPS) is 14.0. The SMILES string of the molecule is COc1ccc([C@@H](C)NC(=O)N2Cc3ccccc3C2)c(OC)c1. The second-order valence-corrected chi connectivity index (χ2v) is 5.90. The van der Waals surface area contributed by atoms with Gasteiger partial charge in [0.2, 0.25) is 0 Å². The highest BCUT2D eigenvalue weighted by molar-refractivity contribution is 5.75. The molecule has 5 heteroatoms. The van der Waals surface area contributed by atoms with Crippen LogP contribution in [0.2, 0.25) is 0 Å². The third-order valence-corrected chi connectivity index (χ3v) is 4.38. The highest BCUT2D eigenvalue weighted by atomic mass is 16.5. The molecule has 2 aromatic rings. The first-order chi connectivity index (χ1) is 11.6. The minimum atomic E-state index is -0.165. The van der Waals surface area contributed by atoms with Crippen LogP contribution in [-0.2, 0) is 13.1 Å². The number of urea groups is 1. The molecule has 1 aliphatic heterocycles. The molecule has 0 bridgehead atoms. The highest BCUT2D eigenvalue weighted by Gasteiger charge is 2.24. The van der Waals surface area contributed by atoms with Gasteiger partial charge in [-0.2, -0.15) is 0 Å². The first-order valence-corrected chi connectivity index (χ1v) is 7.96. The van der Waals surface area contributed by atoms with E-state index >= 15 is 0 Å². The lowest BCUT2D eigenvalue weighted by Crippen LogP contribution is -2.37. The quantitative estimate of drug-likeness (QED) is 0.936. The lowest BCUT2D eigenvalue weighted by Gasteiger charge is -2.22. The van der Waals surface area contributed by atoms with Crippen molar-refractivity contribution in [1.29, 1.82) is 0 Å². The highest BCUT2D eigenvalue weighted by Crippen LogP contribution is 2.30. The van der Waals surface area contributed by atoms with Crippen molar-refractivity contribution < 1.29 is 14.3 Å². The molecule has 0 aromatic heterocycles. The number of carbonyl (C=O) groups excluding carboxylic acids is 1. The van der Waals surface area contributed by atoms with E-state index in [1.54, 1.807) is 14.2 Å². The third kappa shape index (κ3) is 3.15. The summed E-state index contributed by atoms with van der Waals surface area (Å²) >= 11 is 0. The standard InChI is InChI=1S/C19H22N2O3/c1-13(17-9-8-16(23-2)10-18(17)24-3)20-19(22)21-11-14-6-4-5-7-15(14)12-21/h4-10,13H,11-12H2,1-3H3,(H,20,22)/t13-/m1/s1. The number of nitrogens with one attached hydrogen (secondary N) is 1. The summed E-state index contributed by atoms with van der Waals surface area (Å²) in [6.07, 6.45) is 0. The molecule has 0 spiro atoms. The van der Waals surface area contributed by atoms with Gasteiger partial charge in [0.15, 0.2) is 0 Å². The second-order valence-electron chi connectivity index (χ2n) is 5.90. The summed E-state index contributed by atoms with van der Waals surface area (Å²) in [4.78, 5) is 14.4. The van der Waals surface area contributed by atoms with Crippen LogP contribution in [0.25, 0.3) is 0 Å². The molecule has 1 atom stereocenters. The van der Waals surface area contributed by atoms with E-state index < -0.39 is 0 Å². The van der Waals surface area contributed by atoms with E-state index in [9.17, 15) is 4.79 Å². The Labute approximate surface area is 142 Å². The van der Waals surface area contributed by atoms with Gasteiger partial charge in [-0.05, 0) is 30.2 Å². The van der Waals surface area contributed by atoms with Gasteiger partial charge in [-0.1, -0.05) is 24.3 Å². The molecule has 1 heterocycles. The maximum Gasteiger partial charge on any atom is 0.318 e. The molecular formula is C19H22N2O3. The maximum absolute atomic E-state index is 12.6. The number of nitrogens with zero attached hydrogens (tertiary/aromatic N) is 1. The van der Waals surface area contributed by atoms with Crippen LogP contribution in [0.15, 0.2) is 42.5 Å². The zero-order valence-electron chi connectivity index (χ0n) is 14.2. The summed E-state index contributed by atoms with van der Waals surface area (Å²) in [5.74, 6) is 1.43. The molecule has 1 N–H and O–H groups in total. The van der Waals surface area contributed by atoms with Crippen molar-refractivity contribution in [3.05, 3.63) is 59.2 Å². The molecule has 0 unspecified atom stereocenters. The van der Waals surface area contributed by atoms with E-state index in [4.69, 9.17) is 9.47 Å². The predicted molar refractivity (Wildman–Crippen MR) is 92.2 cm³/mol. The van der Waals surface area contributed by atoms with Gasteiger partial charge < -0.3 is 19.7 Å². The van der Waals surface area contributed by atoms with Gasteiger partial charge in [-0.15, -0.1) is 0 Å². The molecule has 0 saturated carbocycles. The van der Waals surface area contributed by atoms with Crippen LogP contribution in [-0.4, -0.2) is 25.2 Å². The lowest BCUT2D eigenvalue weighted by molar-refractivity contribution is 0.195. The van der Waals surface area contributed by atoms with Gasteiger partial charge in [-0.3, -0.25) is 0 Å². The summed E-state index contributed by atoms with van der Waals surface area (Å²) in [5, 5.41) is 3.05. The Morgan fingerprint density at radius 3 is 2.33 bits per heavy atom. The summed E-state index contributed by atoms with van der Waals surface area (Å²) in [5.41, 5.74) is 3.34. The molecule has 2 amide bonds. The maximum atomic E-state index is 12.6. The number of hydrogen-bond acceptors (Lipinski definition) is 3. The van der Waals surface area contributed by atoms with Crippen molar-refractivity contribution in [2.75, 3.05) is 14.2 Å². The second kappa shape index (κ2) is 6.83. The summed E-state index contributed by atoms with van der Waals surface area (Å²) in [7, 11) is 3.23. The van der Waals surface area contributed by atoms with Crippen LogP contribution >= 0.6 is 0 Å². The van der Waals surface area contributed by atoms with Crippen molar-refractivity contribution in [2.45, 2.75) is 26.1 Å². The van der Waals surface area contributed by atoms with Gasteiger partial charge >= 0.3 is 6.03 Å². The number of ether oxygens (including phenoxy) is 2. The van der Waals surface area contributed by atoms with Gasteiger partial charge in [0, 0.05) is 24.7 Å². The monoisotopic (exact) mass is 326 g/mol. The van der Waals surface area contributed by atoms with Crippen molar-refractivity contribution in [1.82, 2.24) is 10.2 Å². The molecule has 24 heavy (non-hydrogen) atoms. The molecule has 1 aliphatic rings. The van der Waals surface area contributed by atoms with Crippen molar-refractivity contribution >= 4 is 6.03 Å². The van der Waals surface area contributed by atoms with Crippen LogP contribution in [0, 0.1) is 0 Å².